The number of halogens is 1. The molecule has 1 N–H and O–H groups in total. The van der Waals surface area contributed by atoms with Gasteiger partial charge in [-0.1, -0.05) is 12.1 Å². The molecule has 0 bridgehead atoms. The molecule has 98 valence electrons. The Labute approximate surface area is 120 Å². The Morgan fingerprint density at radius 2 is 2.05 bits per heavy atom. The summed E-state index contributed by atoms with van der Waals surface area (Å²) in [6.07, 6.45) is 3.08. The van der Waals surface area contributed by atoms with Gasteiger partial charge in [0, 0.05) is 11.8 Å². The second-order valence-corrected chi connectivity index (χ2v) is 5.06. The molecule has 0 aliphatic carbocycles. The van der Waals surface area contributed by atoms with Crippen LogP contribution in [0.25, 0.3) is 6.08 Å². The SMILES string of the molecule is Cc1ccc(C)c(NC(=O)C=Cc2ccc(Br)o2)c1. The molecule has 0 unspecified atom stereocenters. The lowest BCUT2D eigenvalue weighted by molar-refractivity contribution is -0.111. The zero-order valence-corrected chi connectivity index (χ0v) is 12.3. The third-order valence-electron chi connectivity index (χ3n) is 2.64. The zero-order valence-electron chi connectivity index (χ0n) is 10.7. The van der Waals surface area contributed by atoms with Crippen molar-refractivity contribution < 1.29 is 9.21 Å². The van der Waals surface area contributed by atoms with Gasteiger partial charge in [0.25, 0.3) is 0 Å². The number of carbonyl (C=O) groups is 1. The van der Waals surface area contributed by atoms with Crippen LogP contribution in [0.5, 0.6) is 0 Å². The van der Waals surface area contributed by atoms with Crippen LogP contribution in [0.2, 0.25) is 0 Å². The molecule has 0 spiro atoms. The maximum atomic E-state index is 11.8. The smallest absolute Gasteiger partial charge is 0.248 e. The number of hydrogen-bond donors (Lipinski definition) is 1. The lowest BCUT2D eigenvalue weighted by Gasteiger charge is -2.07. The van der Waals surface area contributed by atoms with Gasteiger partial charge >= 0.3 is 0 Å². The predicted molar refractivity (Wildman–Crippen MR) is 80.0 cm³/mol. The van der Waals surface area contributed by atoms with Crippen molar-refractivity contribution in [3.8, 4) is 0 Å². The van der Waals surface area contributed by atoms with Crippen molar-refractivity contribution in [1.82, 2.24) is 0 Å². The monoisotopic (exact) mass is 319 g/mol. The number of hydrogen-bond acceptors (Lipinski definition) is 2. The second-order valence-electron chi connectivity index (χ2n) is 4.28. The topological polar surface area (TPSA) is 42.2 Å². The molecule has 2 rings (SSSR count). The van der Waals surface area contributed by atoms with E-state index in [1.807, 2.05) is 32.0 Å². The van der Waals surface area contributed by atoms with E-state index in [1.54, 1.807) is 18.2 Å². The molecule has 2 aromatic rings. The van der Waals surface area contributed by atoms with Gasteiger partial charge in [0.05, 0.1) is 0 Å². The first-order valence-corrected chi connectivity index (χ1v) is 6.65. The van der Waals surface area contributed by atoms with Crippen molar-refractivity contribution in [2.75, 3.05) is 5.32 Å². The summed E-state index contributed by atoms with van der Waals surface area (Å²) in [5.41, 5.74) is 2.98. The van der Waals surface area contributed by atoms with Gasteiger partial charge in [-0.2, -0.15) is 0 Å². The van der Waals surface area contributed by atoms with Gasteiger partial charge in [-0.15, -0.1) is 0 Å². The fourth-order valence-corrected chi connectivity index (χ4v) is 1.94. The Bertz CT molecular complexity index is 629. The van der Waals surface area contributed by atoms with Gasteiger partial charge in [-0.05, 0) is 65.2 Å². The molecule has 0 radical (unpaired) electrons. The molecular formula is C15H14BrNO2. The molecule has 0 saturated heterocycles. The third-order valence-corrected chi connectivity index (χ3v) is 3.07. The number of furan rings is 1. The lowest BCUT2D eigenvalue weighted by Crippen LogP contribution is -2.09. The number of benzene rings is 1. The Balaban J connectivity index is 2.05. The van der Waals surface area contributed by atoms with E-state index >= 15 is 0 Å². The van der Waals surface area contributed by atoms with E-state index in [4.69, 9.17) is 4.42 Å². The summed E-state index contributed by atoms with van der Waals surface area (Å²) >= 11 is 3.21. The van der Waals surface area contributed by atoms with E-state index in [0.717, 1.165) is 16.8 Å². The van der Waals surface area contributed by atoms with Gasteiger partial charge in [0.15, 0.2) is 4.67 Å². The van der Waals surface area contributed by atoms with Crippen LogP contribution in [0, 0.1) is 13.8 Å². The van der Waals surface area contributed by atoms with E-state index in [-0.39, 0.29) is 5.91 Å². The van der Waals surface area contributed by atoms with Crippen LogP contribution >= 0.6 is 15.9 Å². The first-order chi connectivity index (χ1) is 9.04. The molecular weight excluding hydrogens is 306 g/mol. The van der Waals surface area contributed by atoms with E-state index in [9.17, 15) is 4.79 Å². The van der Waals surface area contributed by atoms with Crippen LogP contribution in [-0.2, 0) is 4.79 Å². The predicted octanol–water partition coefficient (Wildman–Crippen LogP) is 4.31. The number of rotatable bonds is 3. The fourth-order valence-electron chi connectivity index (χ4n) is 1.62. The minimum absolute atomic E-state index is 0.179. The van der Waals surface area contributed by atoms with Crippen molar-refractivity contribution in [2.45, 2.75) is 13.8 Å². The molecule has 1 aromatic heterocycles. The molecule has 0 saturated carbocycles. The third kappa shape index (κ3) is 3.83. The molecule has 19 heavy (non-hydrogen) atoms. The lowest BCUT2D eigenvalue weighted by atomic mass is 10.1. The van der Waals surface area contributed by atoms with Crippen LogP contribution in [-0.4, -0.2) is 5.91 Å². The summed E-state index contributed by atoms with van der Waals surface area (Å²) in [5.74, 6) is 0.448. The first kappa shape index (κ1) is 13.6. The van der Waals surface area contributed by atoms with E-state index in [0.29, 0.717) is 10.4 Å². The number of amides is 1. The van der Waals surface area contributed by atoms with Crippen molar-refractivity contribution in [3.05, 3.63) is 58.0 Å². The molecule has 4 heteroatoms. The van der Waals surface area contributed by atoms with Gasteiger partial charge in [0.2, 0.25) is 5.91 Å². The summed E-state index contributed by atoms with van der Waals surface area (Å²) < 4.78 is 5.92. The van der Waals surface area contributed by atoms with Crippen molar-refractivity contribution in [2.24, 2.45) is 0 Å². The Hall–Kier alpha value is -1.81. The maximum absolute atomic E-state index is 11.8. The number of anilines is 1. The summed E-state index contributed by atoms with van der Waals surface area (Å²) in [5, 5.41) is 2.85. The van der Waals surface area contributed by atoms with Crippen LogP contribution in [0.4, 0.5) is 5.69 Å². The summed E-state index contributed by atoms with van der Waals surface area (Å²) in [6, 6.07) is 9.51. The maximum Gasteiger partial charge on any atom is 0.248 e. The van der Waals surface area contributed by atoms with Crippen LogP contribution < -0.4 is 5.32 Å². The average molecular weight is 320 g/mol. The Morgan fingerprint density at radius 3 is 2.74 bits per heavy atom. The van der Waals surface area contributed by atoms with Gasteiger partial charge in [-0.3, -0.25) is 4.79 Å². The Morgan fingerprint density at radius 1 is 1.26 bits per heavy atom. The molecule has 0 fully saturated rings. The number of nitrogens with one attached hydrogen (secondary N) is 1. The highest BCUT2D eigenvalue weighted by atomic mass is 79.9. The van der Waals surface area contributed by atoms with E-state index < -0.39 is 0 Å². The average Bonchev–Trinajstić information content (AvgIpc) is 2.77. The molecule has 1 heterocycles. The van der Waals surface area contributed by atoms with Gasteiger partial charge in [-0.25, -0.2) is 0 Å². The van der Waals surface area contributed by atoms with E-state index in [1.165, 1.54) is 6.08 Å². The van der Waals surface area contributed by atoms with Crippen molar-refractivity contribution in [1.29, 1.82) is 0 Å². The minimum atomic E-state index is -0.179. The first-order valence-electron chi connectivity index (χ1n) is 5.86. The zero-order chi connectivity index (χ0) is 13.8. The Kier molecular flexibility index (Phi) is 4.22. The molecule has 1 amide bonds. The van der Waals surface area contributed by atoms with Crippen LogP contribution in [0.3, 0.4) is 0 Å². The molecule has 1 aromatic carbocycles. The van der Waals surface area contributed by atoms with Gasteiger partial charge in [0.1, 0.15) is 5.76 Å². The summed E-state index contributed by atoms with van der Waals surface area (Å²) in [6.45, 7) is 3.95. The standard InChI is InChI=1S/C15H14BrNO2/c1-10-3-4-11(2)13(9-10)17-15(18)8-6-12-5-7-14(16)19-12/h3-9H,1-2H3,(H,17,18). The number of carbonyl (C=O) groups excluding carboxylic acids is 1. The normalized spacial score (nSPS) is 10.9. The molecule has 0 atom stereocenters. The largest absolute Gasteiger partial charge is 0.450 e. The minimum Gasteiger partial charge on any atom is -0.450 e. The highest BCUT2D eigenvalue weighted by Crippen LogP contribution is 2.17. The molecule has 0 aliphatic heterocycles. The quantitative estimate of drug-likeness (QED) is 0.856. The molecule has 0 aliphatic rings. The highest BCUT2D eigenvalue weighted by Gasteiger charge is 2.02. The highest BCUT2D eigenvalue weighted by molar-refractivity contribution is 9.10. The number of aryl methyl sites for hydroxylation is 2. The summed E-state index contributed by atoms with van der Waals surface area (Å²) in [4.78, 5) is 11.8. The van der Waals surface area contributed by atoms with Gasteiger partial charge < -0.3 is 9.73 Å². The fraction of sp³-hybridized carbons (Fsp3) is 0.133. The van der Waals surface area contributed by atoms with E-state index in [2.05, 4.69) is 21.2 Å². The van der Waals surface area contributed by atoms with Crippen molar-refractivity contribution in [3.63, 3.8) is 0 Å². The van der Waals surface area contributed by atoms with Crippen molar-refractivity contribution >= 4 is 33.6 Å². The van der Waals surface area contributed by atoms with Crippen LogP contribution in [0.15, 0.2) is 45.5 Å². The molecule has 3 nitrogen and oxygen atoms in total. The van der Waals surface area contributed by atoms with Crippen LogP contribution in [0.1, 0.15) is 16.9 Å². The second kappa shape index (κ2) is 5.89. The summed E-state index contributed by atoms with van der Waals surface area (Å²) in [7, 11) is 0.